The second kappa shape index (κ2) is 9.45. The molecule has 0 aliphatic carbocycles. The normalized spacial score (nSPS) is 10.5. The number of hydrogen-bond acceptors (Lipinski definition) is 6. The Balaban J connectivity index is 2.45. The van der Waals surface area contributed by atoms with Gasteiger partial charge in [-0.25, -0.2) is 4.79 Å². The van der Waals surface area contributed by atoms with Crippen LogP contribution in [-0.2, 0) is 0 Å². The van der Waals surface area contributed by atoms with Gasteiger partial charge in [0.05, 0.1) is 25.4 Å². The van der Waals surface area contributed by atoms with Crippen molar-refractivity contribution in [3.8, 4) is 17.2 Å². The number of amides is 1. The number of nitrogens with one attached hydrogen (secondary N) is 1. The molecule has 0 radical (unpaired) electrons. The molecule has 0 aliphatic heterocycles. The number of anilines is 1. The molecule has 0 aliphatic rings. The zero-order valence-electron chi connectivity index (χ0n) is 16.7. The van der Waals surface area contributed by atoms with E-state index in [1.165, 1.54) is 11.3 Å². The third-order valence-corrected chi connectivity index (χ3v) is 5.12. The van der Waals surface area contributed by atoms with E-state index in [9.17, 15) is 14.7 Å². The van der Waals surface area contributed by atoms with E-state index in [-0.39, 0.29) is 11.1 Å². The first-order valence-electron chi connectivity index (χ1n) is 9.04. The number of thiophene rings is 1. The Morgan fingerprint density at radius 3 is 2.00 bits per heavy atom. The summed E-state index contributed by atoms with van der Waals surface area (Å²) in [5.74, 6) is -0.283. The minimum Gasteiger partial charge on any atom is -0.490 e. The Labute approximate surface area is 168 Å². The number of aryl methyl sites for hydroxylation is 1. The van der Waals surface area contributed by atoms with Gasteiger partial charge in [0.1, 0.15) is 5.00 Å². The largest absolute Gasteiger partial charge is 0.490 e. The number of aromatic carboxylic acids is 1. The van der Waals surface area contributed by atoms with Crippen LogP contribution in [0.25, 0.3) is 0 Å². The Bertz CT molecular complexity index is 847. The molecule has 2 rings (SSSR count). The van der Waals surface area contributed by atoms with E-state index in [0.717, 1.165) is 4.88 Å². The molecule has 152 valence electrons. The molecule has 2 aromatic rings. The summed E-state index contributed by atoms with van der Waals surface area (Å²) in [4.78, 5) is 25.2. The van der Waals surface area contributed by atoms with Crippen LogP contribution < -0.4 is 19.5 Å². The average molecular weight is 407 g/mol. The van der Waals surface area contributed by atoms with Gasteiger partial charge in [-0.15, -0.1) is 11.3 Å². The number of carbonyl (C=O) groups excluding carboxylic acids is 1. The highest BCUT2D eigenvalue weighted by atomic mass is 32.1. The molecular weight excluding hydrogens is 382 g/mol. The lowest BCUT2D eigenvalue weighted by atomic mass is 10.1. The van der Waals surface area contributed by atoms with Crippen molar-refractivity contribution in [3.63, 3.8) is 0 Å². The lowest BCUT2D eigenvalue weighted by Gasteiger charge is -2.17. The van der Waals surface area contributed by atoms with E-state index >= 15 is 0 Å². The van der Waals surface area contributed by atoms with E-state index in [1.54, 1.807) is 19.1 Å². The van der Waals surface area contributed by atoms with Crippen LogP contribution in [0.15, 0.2) is 12.1 Å². The predicted octanol–water partition coefficient (Wildman–Crippen LogP) is 4.51. The zero-order chi connectivity index (χ0) is 20.8. The van der Waals surface area contributed by atoms with Gasteiger partial charge in [0.15, 0.2) is 11.5 Å². The van der Waals surface area contributed by atoms with Crippen LogP contribution in [0.2, 0.25) is 0 Å². The summed E-state index contributed by atoms with van der Waals surface area (Å²) in [6.45, 7) is 10.3. The number of carboxylic acids is 1. The molecule has 0 saturated carbocycles. The van der Waals surface area contributed by atoms with Crippen molar-refractivity contribution in [1.82, 2.24) is 0 Å². The molecule has 1 aromatic heterocycles. The second-order valence-electron chi connectivity index (χ2n) is 5.85. The van der Waals surface area contributed by atoms with Crippen LogP contribution in [-0.4, -0.2) is 36.8 Å². The van der Waals surface area contributed by atoms with Crippen LogP contribution >= 0.6 is 11.3 Å². The van der Waals surface area contributed by atoms with E-state index in [0.29, 0.717) is 47.6 Å². The van der Waals surface area contributed by atoms with E-state index in [2.05, 4.69) is 5.32 Å². The summed E-state index contributed by atoms with van der Waals surface area (Å²) in [5.41, 5.74) is 1.04. The van der Waals surface area contributed by atoms with Crippen molar-refractivity contribution in [1.29, 1.82) is 0 Å². The fraction of sp³-hybridized carbons (Fsp3) is 0.400. The van der Waals surface area contributed by atoms with Gasteiger partial charge in [-0.3, -0.25) is 4.79 Å². The third-order valence-electron chi connectivity index (χ3n) is 4.00. The molecule has 0 spiro atoms. The van der Waals surface area contributed by atoms with Crippen LogP contribution in [0.4, 0.5) is 5.00 Å². The van der Waals surface area contributed by atoms with Crippen LogP contribution in [0.1, 0.15) is 51.9 Å². The summed E-state index contributed by atoms with van der Waals surface area (Å²) in [6, 6.07) is 3.14. The highest BCUT2D eigenvalue weighted by Crippen LogP contribution is 2.40. The Hall–Kier alpha value is -2.74. The average Bonchev–Trinajstić information content (AvgIpc) is 2.91. The topological polar surface area (TPSA) is 94.1 Å². The first-order valence-corrected chi connectivity index (χ1v) is 9.86. The van der Waals surface area contributed by atoms with Gasteiger partial charge in [-0.1, -0.05) is 0 Å². The maximum atomic E-state index is 12.8. The smallest absolute Gasteiger partial charge is 0.338 e. The number of hydrogen-bond donors (Lipinski definition) is 2. The minimum atomic E-state index is -1.08. The van der Waals surface area contributed by atoms with Crippen molar-refractivity contribution in [3.05, 3.63) is 33.7 Å². The molecule has 1 aromatic carbocycles. The van der Waals surface area contributed by atoms with Crippen molar-refractivity contribution in [2.45, 2.75) is 34.6 Å². The monoisotopic (exact) mass is 407 g/mol. The standard InChI is InChI=1S/C20H25NO6S/c1-6-25-14-9-13(10-15(26-7-2)17(14)27-8-3)18(22)21-19-16(20(23)24)11(4)12(5)28-19/h9-10H,6-8H2,1-5H3,(H,21,22)(H,23,24). The van der Waals surface area contributed by atoms with Gasteiger partial charge in [0.25, 0.3) is 5.91 Å². The third kappa shape index (κ3) is 4.56. The number of rotatable bonds is 9. The maximum Gasteiger partial charge on any atom is 0.338 e. The summed E-state index contributed by atoms with van der Waals surface area (Å²) < 4.78 is 16.9. The zero-order valence-corrected chi connectivity index (χ0v) is 17.5. The van der Waals surface area contributed by atoms with E-state index in [4.69, 9.17) is 14.2 Å². The van der Waals surface area contributed by atoms with Gasteiger partial charge in [-0.2, -0.15) is 0 Å². The Morgan fingerprint density at radius 2 is 1.54 bits per heavy atom. The molecule has 0 fully saturated rings. The molecule has 0 saturated heterocycles. The van der Waals surface area contributed by atoms with E-state index < -0.39 is 11.9 Å². The van der Waals surface area contributed by atoms with Gasteiger partial charge < -0.3 is 24.6 Å². The second-order valence-corrected chi connectivity index (χ2v) is 7.07. The first kappa shape index (κ1) is 21.6. The molecular formula is C20H25NO6S. The summed E-state index contributed by atoms with van der Waals surface area (Å²) in [5, 5.41) is 12.5. The lowest BCUT2D eigenvalue weighted by molar-refractivity contribution is 0.0697. The minimum absolute atomic E-state index is 0.108. The molecule has 7 nitrogen and oxygen atoms in total. The molecule has 1 heterocycles. The number of carboxylic acid groups (broad SMARTS) is 1. The van der Waals surface area contributed by atoms with Crippen molar-refractivity contribution >= 4 is 28.2 Å². The van der Waals surface area contributed by atoms with E-state index in [1.807, 2.05) is 27.7 Å². The van der Waals surface area contributed by atoms with Gasteiger partial charge in [0.2, 0.25) is 5.75 Å². The van der Waals surface area contributed by atoms with Gasteiger partial charge >= 0.3 is 5.97 Å². The summed E-state index contributed by atoms with van der Waals surface area (Å²) in [7, 11) is 0. The number of ether oxygens (including phenoxy) is 3. The molecule has 0 atom stereocenters. The SMILES string of the molecule is CCOc1cc(C(=O)Nc2sc(C)c(C)c2C(=O)O)cc(OCC)c1OCC. The Kier molecular flexibility index (Phi) is 7.28. The lowest BCUT2D eigenvalue weighted by Crippen LogP contribution is -2.14. The number of benzene rings is 1. The highest BCUT2D eigenvalue weighted by Gasteiger charge is 2.23. The van der Waals surface area contributed by atoms with Crippen LogP contribution in [0.5, 0.6) is 17.2 Å². The molecule has 0 bridgehead atoms. The van der Waals surface area contributed by atoms with Crippen molar-refractivity contribution < 1.29 is 28.9 Å². The van der Waals surface area contributed by atoms with Crippen LogP contribution in [0.3, 0.4) is 0 Å². The van der Waals surface area contributed by atoms with Crippen LogP contribution in [0, 0.1) is 13.8 Å². The van der Waals surface area contributed by atoms with Crippen molar-refractivity contribution in [2.24, 2.45) is 0 Å². The highest BCUT2D eigenvalue weighted by molar-refractivity contribution is 7.16. The summed E-state index contributed by atoms with van der Waals surface area (Å²) in [6.07, 6.45) is 0. The summed E-state index contributed by atoms with van der Waals surface area (Å²) >= 11 is 1.23. The van der Waals surface area contributed by atoms with Gasteiger partial charge in [-0.05, 0) is 52.3 Å². The van der Waals surface area contributed by atoms with Gasteiger partial charge in [0, 0.05) is 10.4 Å². The molecule has 1 amide bonds. The number of carbonyl (C=O) groups is 2. The predicted molar refractivity (Wildman–Crippen MR) is 109 cm³/mol. The maximum absolute atomic E-state index is 12.8. The molecule has 2 N–H and O–H groups in total. The molecule has 8 heteroatoms. The fourth-order valence-corrected chi connectivity index (χ4v) is 3.72. The quantitative estimate of drug-likeness (QED) is 0.635. The fourth-order valence-electron chi connectivity index (χ4n) is 2.67. The molecule has 0 unspecified atom stereocenters. The van der Waals surface area contributed by atoms with Crippen molar-refractivity contribution in [2.75, 3.05) is 25.1 Å². The molecule has 28 heavy (non-hydrogen) atoms. The Morgan fingerprint density at radius 1 is 1.00 bits per heavy atom. The first-order chi connectivity index (χ1) is 13.3.